The second-order valence-electron chi connectivity index (χ2n) is 5.93. The Kier molecular flexibility index (Phi) is 7.17. The highest BCUT2D eigenvalue weighted by atomic mass is 31.2. The van der Waals surface area contributed by atoms with Crippen LogP contribution in [0.5, 0.6) is 5.75 Å². The molecule has 27 heavy (non-hydrogen) atoms. The molecule has 0 aliphatic rings. The number of benzene rings is 1. The van der Waals surface area contributed by atoms with Gasteiger partial charge in [0, 0.05) is 19.8 Å². The Hall–Kier alpha value is -1.73. The van der Waals surface area contributed by atoms with Crippen LogP contribution in [-0.4, -0.2) is 44.8 Å². The summed E-state index contributed by atoms with van der Waals surface area (Å²) in [5.74, 6) is 1.29. The zero-order valence-electron chi connectivity index (χ0n) is 14.6. The van der Waals surface area contributed by atoms with E-state index < -0.39 is 20.6 Å². The van der Waals surface area contributed by atoms with Crippen molar-refractivity contribution in [2.45, 2.75) is 11.8 Å². The van der Waals surface area contributed by atoms with Gasteiger partial charge in [-0.25, -0.2) is 4.98 Å². The third-order valence-electron chi connectivity index (χ3n) is 3.76. The Balaban J connectivity index is 1.90. The first-order chi connectivity index (χ1) is 12.6. The van der Waals surface area contributed by atoms with Crippen LogP contribution < -0.4 is 9.64 Å². The van der Waals surface area contributed by atoms with E-state index in [9.17, 15) is 28.7 Å². The van der Waals surface area contributed by atoms with Crippen molar-refractivity contribution in [1.82, 2.24) is 4.98 Å². The van der Waals surface area contributed by atoms with Crippen molar-refractivity contribution in [1.29, 1.82) is 0 Å². The Morgan fingerprint density at radius 2 is 1.67 bits per heavy atom. The highest BCUT2D eigenvalue weighted by Gasteiger charge is 2.44. The molecule has 0 amide bonds. The predicted octanol–water partition coefficient (Wildman–Crippen LogP) is 2.34. The van der Waals surface area contributed by atoms with E-state index in [1.807, 2.05) is 30.1 Å². The quantitative estimate of drug-likeness (QED) is 0.358. The van der Waals surface area contributed by atoms with E-state index in [4.69, 9.17) is 4.74 Å². The fourth-order valence-electron chi connectivity index (χ4n) is 2.51. The summed E-state index contributed by atoms with van der Waals surface area (Å²) in [7, 11) is -8.11. The fraction of sp³-hybridized carbons (Fsp3) is 0.312. The molecule has 1 aromatic heterocycles. The van der Waals surface area contributed by atoms with Crippen molar-refractivity contribution in [3.8, 4) is 5.75 Å². The van der Waals surface area contributed by atoms with Crippen LogP contribution in [0.3, 0.4) is 0 Å². The van der Waals surface area contributed by atoms with Crippen LogP contribution >= 0.6 is 15.2 Å². The van der Waals surface area contributed by atoms with Gasteiger partial charge < -0.3 is 29.2 Å². The van der Waals surface area contributed by atoms with Crippen LogP contribution in [0.15, 0.2) is 48.7 Å². The van der Waals surface area contributed by atoms with Crippen molar-refractivity contribution in [2.75, 3.05) is 25.1 Å². The predicted molar refractivity (Wildman–Crippen MR) is 101 cm³/mol. The van der Waals surface area contributed by atoms with Crippen molar-refractivity contribution in [2.24, 2.45) is 0 Å². The number of hydrogen-bond acceptors (Lipinski definition) is 5. The van der Waals surface area contributed by atoms with Crippen molar-refractivity contribution in [3.63, 3.8) is 0 Å². The smallest absolute Gasteiger partial charge is 0.345 e. The molecule has 1 aromatic carbocycles. The number of aromatic nitrogens is 1. The van der Waals surface area contributed by atoms with Crippen molar-refractivity contribution in [3.05, 3.63) is 54.2 Å². The van der Waals surface area contributed by atoms with Crippen LogP contribution in [0.25, 0.3) is 0 Å². The molecular formula is C16H22N2O7P2. The summed E-state index contributed by atoms with van der Waals surface area (Å²) in [6.07, 6.45) is 2.43. The lowest BCUT2D eigenvalue weighted by molar-refractivity contribution is 0.312. The maximum absolute atomic E-state index is 11.4. The first-order valence-electron chi connectivity index (χ1n) is 8.04. The van der Waals surface area contributed by atoms with Gasteiger partial charge in [0.1, 0.15) is 11.6 Å². The summed E-state index contributed by atoms with van der Waals surface area (Å²) in [5.41, 5.74) is -0.140. The van der Waals surface area contributed by atoms with Gasteiger partial charge in [-0.1, -0.05) is 18.2 Å². The average molecular weight is 416 g/mol. The van der Waals surface area contributed by atoms with E-state index in [1.54, 1.807) is 6.20 Å². The zero-order valence-corrected chi connectivity index (χ0v) is 16.4. The Morgan fingerprint density at radius 1 is 1.04 bits per heavy atom. The molecule has 0 bridgehead atoms. The van der Waals surface area contributed by atoms with Crippen molar-refractivity contribution >= 4 is 21.0 Å². The topological polar surface area (TPSA) is 140 Å². The minimum absolute atomic E-state index is 0.140. The summed E-state index contributed by atoms with van der Waals surface area (Å²) in [6.45, 7) is 1.12. The van der Waals surface area contributed by atoms with E-state index in [1.165, 1.54) is 24.3 Å². The Bertz CT molecular complexity index is 798. The molecular weight excluding hydrogens is 394 g/mol. The lowest BCUT2D eigenvalue weighted by atomic mass is 10.2. The molecule has 148 valence electrons. The first kappa shape index (κ1) is 21.6. The minimum Gasteiger partial charge on any atom is -0.494 e. The second kappa shape index (κ2) is 8.97. The molecule has 0 spiro atoms. The average Bonchev–Trinajstić information content (AvgIpc) is 2.58. The lowest BCUT2D eigenvalue weighted by Crippen LogP contribution is -2.21. The van der Waals surface area contributed by atoms with Gasteiger partial charge in [-0.2, -0.15) is 0 Å². The van der Waals surface area contributed by atoms with Crippen LogP contribution in [0, 0.1) is 0 Å². The molecule has 0 unspecified atom stereocenters. The van der Waals surface area contributed by atoms with Gasteiger partial charge in [-0.3, -0.25) is 9.13 Å². The van der Waals surface area contributed by atoms with Crippen LogP contribution in [0.4, 0.5) is 5.82 Å². The molecule has 2 rings (SSSR count). The van der Waals surface area contributed by atoms with Gasteiger partial charge in [0.15, 0.2) is 5.40 Å². The van der Waals surface area contributed by atoms with E-state index in [2.05, 4.69) is 4.98 Å². The second-order valence-corrected chi connectivity index (χ2v) is 9.73. The van der Waals surface area contributed by atoms with Gasteiger partial charge in [-0.05, 0) is 36.2 Å². The molecule has 0 aliphatic heterocycles. The fourth-order valence-corrected chi connectivity index (χ4v) is 5.19. The highest BCUT2D eigenvalue weighted by Crippen LogP contribution is 2.69. The maximum atomic E-state index is 11.4. The number of nitrogens with zero attached hydrogens (tertiary/aromatic N) is 2. The standard InChI is InChI=1S/C16H22N2O7P2/c1-18(15-5-2-3-10-17-15)11-4-12-25-14-8-6-13(7-9-14)16(26(19,20)21)27(22,23)24/h2-3,5-10,16H,4,11-12H2,1H3,(H2,19,20,21)(H2,22,23,24). The van der Waals surface area contributed by atoms with Gasteiger partial charge in [0.05, 0.1) is 6.61 Å². The van der Waals surface area contributed by atoms with Gasteiger partial charge in [0.25, 0.3) is 0 Å². The SMILES string of the molecule is CN(CCCOc1ccc(C(P(=O)(O)O)P(=O)(O)O)cc1)c1ccccn1. The van der Waals surface area contributed by atoms with Crippen LogP contribution in [0.2, 0.25) is 0 Å². The third kappa shape index (κ3) is 6.43. The van der Waals surface area contributed by atoms with E-state index in [-0.39, 0.29) is 5.56 Å². The molecule has 4 N–H and O–H groups in total. The molecule has 0 fully saturated rings. The molecule has 1 heterocycles. The maximum Gasteiger partial charge on any atom is 0.345 e. The number of rotatable bonds is 9. The molecule has 0 aliphatic carbocycles. The van der Waals surface area contributed by atoms with Crippen LogP contribution in [-0.2, 0) is 9.13 Å². The van der Waals surface area contributed by atoms with Gasteiger partial charge >= 0.3 is 15.2 Å². The summed E-state index contributed by atoms with van der Waals surface area (Å²) in [4.78, 5) is 43.2. The third-order valence-corrected chi connectivity index (χ3v) is 7.44. The Morgan fingerprint density at radius 3 is 2.19 bits per heavy atom. The number of anilines is 1. The summed E-state index contributed by atoms with van der Waals surface area (Å²) in [5, 5.41) is -2.17. The molecule has 0 saturated carbocycles. The largest absolute Gasteiger partial charge is 0.494 e. The van der Waals surface area contributed by atoms with Crippen molar-refractivity contribution < 1.29 is 33.4 Å². The van der Waals surface area contributed by atoms with E-state index in [0.29, 0.717) is 25.3 Å². The van der Waals surface area contributed by atoms with Crippen LogP contribution in [0.1, 0.15) is 17.4 Å². The zero-order chi connectivity index (χ0) is 20.1. The molecule has 9 nitrogen and oxygen atoms in total. The summed E-state index contributed by atoms with van der Waals surface area (Å²) in [6, 6.07) is 11.0. The first-order valence-corrected chi connectivity index (χ1v) is 11.4. The van der Waals surface area contributed by atoms with Gasteiger partial charge in [-0.15, -0.1) is 0 Å². The Labute approximate surface area is 157 Å². The number of pyridine rings is 1. The van der Waals surface area contributed by atoms with E-state index >= 15 is 0 Å². The number of ether oxygens (including phenoxy) is 1. The molecule has 2 aromatic rings. The molecule has 0 saturated heterocycles. The summed E-state index contributed by atoms with van der Waals surface area (Å²) < 4.78 is 28.4. The minimum atomic E-state index is -5.02. The normalized spacial score (nSPS) is 12.2. The lowest BCUT2D eigenvalue weighted by Gasteiger charge is -2.20. The summed E-state index contributed by atoms with van der Waals surface area (Å²) >= 11 is 0. The highest BCUT2D eigenvalue weighted by molar-refractivity contribution is 7.70. The molecule has 0 atom stereocenters. The van der Waals surface area contributed by atoms with Gasteiger partial charge in [0.2, 0.25) is 0 Å². The molecule has 0 radical (unpaired) electrons. The number of hydrogen-bond donors (Lipinski definition) is 4. The monoisotopic (exact) mass is 416 g/mol. The van der Waals surface area contributed by atoms with E-state index in [0.717, 1.165) is 5.82 Å². The molecule has 11 heteroatoms.